The van der Waals surface area contributed by atoms with Crippen LogP contribution in [0, 0.1) is 0 Å². The third-order valence-electron chi connectivity index (χ3n) is 8.00. The zero-order valence-corrected chi connectivity index (χ0v) is 28.6. The monoisotopic (exact) mass is 686 g/mol. The fourth-order valence-electron chi connectivity index (χ4n) is 5.41. The number of aromatic nitrogens is 2. The fraction of sp³-hybridized carbons (Fsp3) is 0.389. The molecule has 4 N–H and O–H groups in total. The first-order valence-corrected chi connectivity index (χ1v) is 17.7. The van der Waals surface area contributed by atoms with Gasteiger partial charge in [-0.2, -0.15) is 0 Å². The number of hydrogen-bond acceptors (Lipinski definition) is 9. The number of hydrogen-bond donors (Lipinski definition) is 4. The van der Waals surface area contributed by atoms with Crippen LogP contribution in [-0.4, -0.2) is 45.2 Å². The van der Waals surface area contributed by atoms with Crippen molar-refractivity contribution in [1.82, 2.24) is 9.97 Å². The Balaban J connectivity index is 1.49. The lowest BCUT2D eigenvalue weighted by molar-refractivity contribution is 0.0984. The largest absolute Gasteiger partial charge is 0.493 e. The molecule has 0 unspecified atom stereocenters. The maximum absolute atomic E-state index is 13.7. The van der Waals surface area contributed by atoms with E-state index in [0.717, 1.165) is 75.5 Å². The van der Waals surface area contributed by atoms with Crippen molar-refractivity contribution in [2.75, 3.05) is 13.2 Å². The zero-order chi connectivity index (χ0) is 34.6. The van der Waals surface area contributed by atoms with Crippen LogP contribution in [0.15, 0.2) is 69.0 Å². The second-order valence-electron chi connectivity index (χ2n) is 11.7. The Labute approximate surface area is 288 Å². The molecule has 0 spiro atoms. The molecule has 5 aromatic rings. The van der Waals surface area contributed by atoms with Gasteiger partial charge in [-0.15, -0.1) is 31.8 Å². The number of thiophene rings is 1. The molecule has 0 saturated carbocycles. The number of fused-ring (bicyclic) bond motifs is 2. The third-order valence-corrected chi connectivity index (χ3v) is 9.13. The number of nitrogens with zero attached hydrogens (tertiary/aromatic N) is 4. The summed E-state index contributed by atoms with van der Waals surface area (Å²) in [7, 11) is 0. The van der Waals surface area contributed by atoms with Gasteiger partial charge in [-0.1, -0.05) is 102 Å². The average molecular weight is 687 g/mol. The minimum atomic E-state index is -0.770. The van der Waals surface area contributed by atoms with E-state index in [0.29, 0.717) is 35.0 Å². The van der Waals surface area contributed by atoms with Crippen LogP contribution in [0.25, 0.3) is 21.8 Å². The summed E-state index contributed by atoms with van der Waals surface area (Å²) in [6, 6.07) is 14.2. The van der Waals surface area contributed by atoms with E-state index in [-0.39, 0.29) is 44.4 Å². The number of unbranched alkanes of at least 4 members (excludes halogenated alkanes) is 8. The number of aromatic amines is 2. The van der Waals surface area contributed by atoms with Gasteiger partial charge in [-0.3, -0.25) is 9.59 Å². The number of nitrogens with one attached hydrogen (secondary N) is 2. The van der Waals surface area contributed by atoms with E-state index in [1.807, 2.05) is 12.1 Å². The molecule has 258 valence electrons. The summed E-state index contributed by atoms with van der Waals surface area (Å²) in [5.74, 6) is -1.78. The quantitative estimate of drug-likeness (QED) is 0.0527. The number of benzene rings is 2. The average Bonchev–Trinajstić information content (AvgIpc) is 3.75. The maximum atomic E-state index is 13.7. The third kappa shape index (κ3) is 8.71. The summed E-state index contributed by atoms with van der Waals surface area (Å²) in [6.07, 6.45) is 9.94. The van der Waals surface area contributed by atoms with Crippen LogP contribution in [0.3, 0.4) is 0 Å². The van der Waals surface area contributed by atoms with Gasteiger partial charge >= 0.3 is 11.8 Å². The van der Waals surface area contributed by atoms with Crippen LogP contribution in [0.5, 0.6) is 23.3 Å². The van der Waals surface area contributed by atoms with Gasteiger partial charge in [0, 0.05) is 10.8 Å². The topological polar surface area (TPSA) is 174 Å². The van der Waals surface area contributed by atoms with Crippen LogP contribution in [0.1, 0.15) is 97.4 Å². The molecule has 12 nitrogen and oxygen atoms in total. The van der Waals surface area contributed by atoms with Crippen molar-refractivity contribution < 1.29 is 29.3 Å². The van der Waals surface area contributed by atoms with Crippen molar-refractivity contribution in [3.63, 3.8) is 0 Å². The molecular weight excluding hydrogens is 644 g/mol. The highest BCUT2D eigenvalue weighted by atomic mass is 32.1. The Kier molecular flexibility index (Phi) is 12.5. The summed E-state index contributed by atoms with van der Waals surface area (Å²) in [4.78, 5) is 33.0. The number of azo groups is 2. The number of carbonyl (C=O) groups is 2. The van der Waals surface area contributed by atoms with E-state index in [9.17, 15) is 19.8 Å². The first-order valence-electron chi connectivity index (χ1n) is 16.9. The Morgan fingerprint density at radius 2 is 1.04 bits per heavy atom. The van der Waals surface area contributed by atoms with Gasteiger partial charge in [0.15, 0.2) is 22.9 Å². The van der Waals surface area contributed by atoms with Crippen molar-refractivity contribution in [3.05, 3.63) is 58.3 Å². The normalized spacial score (nSPS) is 11.8. The van der Waals surface area contributed by atoms with Gasteiger partial charge in [0.1, 0.15) is 9.75 Å². The molecule has 5 rings (SSSR count). The van der Waals surface area contributed by atoms with Gasteiger partial charge < -0.3 is 29.7 Å². The maximum Gasteiger partial charge on any atom is 0.309 e. The molecule has 13 heteroatoms. The van der Waals surface area contributed by atoms with Crippen LogP contribution in [0.4, 0.5) is 11.4 Å². The molecule has 0 aliphatic rings. The molecule has 0 atom stereocenters. The first-order chi connectivity index (χ1) is 23.9. The number of aromatic hydroxyl groups is 2. The molecule has 0 radical (unpaired) electrons. The van der Waals surface area contributed by atoms with Crippen LogP contribution >= 0.6 is 11.3 Å². The van der Waals surface area contributed by atoms with Crippen LogP contribution in [-0.2, 0) is 0 Å². The fourth-order valence-corrected chi connectivity index (χ4v) is 6.36. The molecule has 0 bridgehead atoms. The molecule has 3 aromatic heterocycles. The van der Waals surface area contributed by atoms with E-state index >= 15 is 0 Å². The lowest BCUT2D eigenvalue weighted by atomic mass is 10.2. The number of H-pyrrole nitrogens is 2. The SMILES string of the molecule is CCCCCCCOc1c(C(=O)N=Nc2c(O)[nH]c3ccccc23)sc(C(=O)N=Nc2c(O)[nH]c3ccccc23)c1OCCCCCCC. The standard InChI is InChI=1S/C36H42N6O6S/c1-3-5-7-9-15-21-47-29-30(48-22-16-10-8-6-4-2)32(36(46)42-40-28-24-18-12-14-20-26(24)38-34(28)44)49-31(29)35(45)41-39-27-23-17-11-13-19-25(23)37-33(27)43/h11-14,17-20,37-38,43-44H,3-10,15-16,21-22H2,1-2H3. The Hall–Kier alpha value is -5.04. The molecule has 3 heterocycles. The second-order valence-corrected chi connectivity index (χ2v) is 12.7. The van der Waals surface area contributed by atoms with E-state index in [1.54, 1.807) is 36.4 Å². The summed E-state index contributed by atoms with van der Waals surface area (Å²) in [5.41, 5.74) is 1.51. The minimum absolute atomic E-state index is 0.0195. The van der Waals surface area contributed by atoms with Gasteiger partial charge in [-0.05, 0) is 25.0 Å². The van der Waals surface area contributed by atoms with Crippen molar-refractivity contribution in [1.29, 1.82) is 0 Å². The second kappa shape index (κ2) is 17.4. The highest BCUT2D eigenvalue weighted by molar-refractivity contribution is 7.16. The van der Waals surface area contributed by atoms with Gasteiger partial charge in [0.05, 0.1) is 24.2 Å². The van der Waals surface area contributed by atoms with Crippen LogP contribution < -0.4 is 9.47 Å². The first kappa shape index (κ1) is 35.3. The molecular formula is C36H42N6O6S. The Bertz CT molecular complexity index is 1800. The number of rotatable bonds is 18. The van der Waals surface area contributed by atoms with Gasteiger partial charge in [-0.25, -0.2) is 0 Å². The molecule has 2 aromatic carbocycles. The van der Waals surface area contributed by atoms with Crippen molar-refractivity contribution >= 4 is 56.3 Å². The van der Waals surface area contributed by atoms with Crippen molar-refractivity contribution in [2.24, 2.45) is 20.5 Å². The number of carbonyl (C=O) groups excluding carboxylic acids is 2. The zero-order valence-electron chi connectivity index (χ0n) is 27.8. The highest BCUT2D eigenvalue weighted by Crippen LogP contribution is 2.45. The lowest BCUT2D eigenvalue weighted by Gasteiger charge is -2.11. The van der Waals surface area contributed by atoms with E-state index in [1.165, 1.54) is 0 Å². The summed E-state index contributed by atoms with van der Waals surface area (Å²) in [6.45, 7) is 4.89. The van der Waals surface area contributed by atoms with Crippen molar-refractivity contribution in [3.8, 4) is 23.3 Å². The number of amides is 2. The number of para-hydroxylation sites is 2. The van der Waals surface area contributed by atoms with E-state index in [4.69, 9.17) is 9.47 Å². The predicted molar refractivity (Wildman–Crippen MR) is 190 cm³/mol. The summed E-state index contributed by atoms with van der Waals surface area (Å²) >= 11 is 0.839. The molecule has 0 fully saturated rings. The molecule has 0 saturated heterocycles. The van der Waals surface area contributed by atoms with E-state index < -0.39 is 11.8 Å². The van der Waals surface area contributed by atoms with E-state index in [2.05, 4.69) is 44.3 Å². The minimum Gasteiger partial charge on any atom is -0.493 e. The number of ether oxygens (including phenoxy) is 2. The molecule has 0 aliphatic carbocycles. The molecule has 49 heavy (non-hydrogen) atoms. The lowest BCUT2D eigenvalue weighted by Crippen LogP contribution is -2.05. The Morgan fingerprint density at radius 1 is 0.633 bits per heavy atom. The van der Waals surface area contributed by atoms with Crippen LogP contribution in [0.2, 0.25) is 0 Å². The van der Waals surface area contributed by atoms with Gasteiger partial charge in [0.25, 0.3) is 0 Å². The molecule has 2 amide bonds. The highest BCUT2D eigenvalue weighted by Gasteiger charge is 2.30. The van der Waals surface area contributed by atoms with Crippen molar-refractivity contribution in [2.45, 2.75) is 78.1 Å². The predicted octanol–water partition coefficient (Wildman–Crippen LogP) is 10.7. The smallest absolute Gasteiger partial charge is 0.309 e. The Morgan fingerprint density at radius 3 is 1.47 bits per heavy atom. The summed E-state index contributed by atoms with van der Waals surface area (Å²) in [5, 5.41) is 38.1. The molecule has 0 aliphatic heterocycles. The summed E-state index contributed by atoms with van der Waals surface area (Å²) < 4.78 is 12.4. The van der Waals surface area contributed by atoms with Gasteiger partial charge in [0.2, 0.25) is 11.8 Å².